The monoisotopic (exact) mass is 385 g/mol. The number of halogens is 1. The van der Waals surface area contributed by atoms with E-state index in [9.17, 15) is 9.59 Å². The van der Waals surface area contributed by atoms with Gasteiger partial charge < -0.3 is 25.4 Å². The third-order valence-electron chi connectivity index (χ3n) is 4.09. The summed E-state index contributed by atoms with van der Waals surface area (Å²) in [6, 6.07) is 5.22. The molecule has 26 heavy (non-hydrogen) atoms. The fraction of sp³-hybridized carbons (Fsp3) is 0.556. The van der Waals surface area contributed by atoms with Crippen LogP contribution in [0.4, 0.5) is 5.69 Å². The molecule has 1 unspecified atom stereocenters. The average Bonchev–Trinajstić information content (AvgIpc) is 2.59. The van der Waals surface area contributed by atoms with Crippen molar-refractivity contribution in [2.24, 2.45) is 5.73 Å². The summed E-state index contributed by atoms with van der Waals surface area (Å²) in [5.74, 6) is 0.770. The van der Waals surface area contributed by atoms with Crippen molar-refractivity contribution in [3.63, 3.8) is 0 Å². The van der Waals surface area contributed by atoms with Gasteiger partial charge in [0.05, 0.1) is 12.1 Å². The van der Waals surface area contributed by atoms with Crippen molar-refractivity contribution in [1.29, 1.82) is 0 Å². The molecule has 1 aliphatic heterocycles. The van der Waals surface area contributed by atoms with Crippen molar-refractivity contribution in [3.8, 4) is 11.5 Å². The molecule has 7 nitrogen and oxygen atoms in total. The van der Waals surface area contributed by atoms with Crippen LogP contribution in [0.5, 0.6) is 11.5 Å². The van der Waals surface area contributed by atoms with Crippen LogP contribution in [0.2, 0.25) is 0 Å². The Morgan fingerprint density at radius 3 is 2.50 bits per heavy atom. The minimum atomic E-state index is -0.956. The number of rotatable bonds is 7. The van der Waals surface area contributed by atoms with E-state index in [4.69, 9.17) is 15.2 Å². The zero-order valence-electron chi connectivity index (χ0n) is 15.5. The lowest BCUT2D eigenvalue weighted by Crippen LogP contribution is -2.54. The Bertz CT molecular complexity index is 637. The number of carbonyl (C=O) groups is 2. The number of amides is 2. The third-order valence-corrected chi connectivity index (χ3v) is 4.09. The fourth-order valence-corrected chi connectivity index (χ4v) is 2.81. The molecule has 1 aromatic rings. The second-order valence-electron chi connectivity index (χ2n) is 6.39. The second-order valence-corrected chi connectivity index (χ2v) is 6.39. The van der Waals surface area contributed by atoms with Crippen molar-refractivity contribution in [2.75, 3.05) is 31.6 Å². The molecule has 0 aliphatic carbocycles. The Morgan fingerprint density at radius 2 is 1.88 bits per heavy atom. The number of nitrogens with one attached hydrogen (secondary N) is 1. The second kappa shape index (κ2) is 9.64. The van der Waals surface area contributed by atoms with E-state index in [-0.39, 0.29) is 30.8 Å². The van der Waals surface area contributed by atoms with E-state index in [0.29, 0.717) is 43.4 Å². The molecule has 2 amide bonds. The number of likely N-dealkylation sites (N-methyl/N-ethyl adjacent to an activating group) is 1. The van der Waals surface area contributed by atoms with E-state index in [2.05, 4.69) is 5.32 Å². The zero-order chi connectivity index (χ0) is 18.4. The summed E-state index contributed by atoms with van der Waals surface area (Å²) in [4.78, 5) is 26.3. The number of ether oxygens (including phenoxy) is 2. The minimum absolute atomic E-state index is 0. The highest BCUT2D eigenvalue weighted by molar-refractivity contribution is 5.96. The first-order chi connectivity index (χ1) is 11.9. The molecule has 0 bridgehead atoms. The molecular formula is C18H28ClN3O4. The number of nitrogens with zero attached hydrogens (tertiary/aromatic N) is 1. The minimum Gasteiger partial charge on any atom is -0.486 e. The van der Waals surface area contributed by atoms with Crippen LogP contribution in [0.3, 0.4) is 0 Å². The number of anilines is 1. The van der Waals surface area contributed by atoms with Gasteiger partial charge in [-0.3, -0.25) is 9.59 Å². The maximum atomic E-state index is 12.5. The summed E-state index contributed by atoms with van der Waals surface area (Å²) in [5, 5.41) is 2.79. The van der Waals surface area contributed by atoms with E-state index < -0.39 is 5.54 Å². The van der Waals surface area contributed by atoms with Gasteiger partial charge in [0.2, 0.25) is 11.8 Å². The first-order valence-electron chi connectivity index (χ1n) is 8.65. The van der Waals surface area contributed by atoms with Gasteiger partial charge in [0.25, 0.3) is 0 Å². The summed E-state index contributed by atoms with van der Waals surface area (Å²) < 4.78 is 11.0. The number of hydrogen-bond donors (Lipinski definition) is 2. The van der Waals surface area contributed by atoms with E-state index >= 15 is 0 Å². The van der Waals surface area contributed by atoms with Crippen LogP contribution >= 0.6 is 12.4 Å². The van der Waals surface area contributed by atoms with E-state index in [1.807, 2.05) is 13.8 Å². The van der Waals surface area contributed by atoms with Crippen LogP contribution in [-0.2, 0) is 9.59 Å². The Labute approximate surface area is 160 Å². The molecule has 1 atom stereocenters. The van der Waals surface area contributed by atoms with Crippen LogP contribution in [-0.4, -0.2) is 48.6 Å². The van der Waals surface area contributed by atoms with Crippen LogP contribution in [0, 0.1) is 0 Å². The highest BCUT2D eigenvalue weighted by atomic mass is 35.5. The van der Waals surface area contributed by atoms with Crippen LogP contribution in [0.1, 0.15) is 33.6 Å². The molecule has 1 heterocycles. The van der Waals surface area contributed by atoms with Crippen molar-refractivity contribution in [2.45, 2.75) is 39.2 Å². The van der Waals surface area contributed by atoms with Crippen molar-refractivity contribution < 1.29 is 19.1 Å². The summed E-state index contributed by atoms with van der Waals surface area (Å²) in [7, 11) is 0. The predicted molar refractivity (Wildman–Crippen MR) is 103 cm³/mol. The molecule has 3 N–H and O–H groups in total. The molecule has 2 rings (SSSR count). The topological polar surface area (TPSA) is 93.9 Å². The number of hydrogen-bond acceptors (Lipinski definition) is 5. The van der Waals surface area contributed by atoms with Gasteiger partial charge in [-0.05, 0) is 32.4 Å². The van der Waals surface area contributed by atoms with Gasteiger partial charge in [0, 0.05) is 18.3 Å². The van der Waals surface area contributed by atoms with Gasteiger partial charge in [0.15, 0.2) is 11.5 Å². The summed E-state index contributed by atoms with van der Waals surface area (Å²) in [6.07, 6.45) is 1.38. The van der Waals surface area contributed by atoms with Gasteiger partial charge in [-0.25, -0.2) is 0 Å². The van der Waals surface area contributed by atoms with E-state index in [1.165, 1.54) is 4.90 Å². The number of nitrogens with two attached hydrogens (primary N) is 1. The lowest BCUT2D eigenvalue weighted by Gasteiger charge is -2.30. The summed E-state index contributed by atoms with van der Waals surface area (Å²) in [5.41, 5.74) is 5.74. The van der Waals surface area contributed by atoms with E-state index in [0.717, 1.165) is 6.42 Å². The smallest absolute Gasteiger partial charge is 0.243 e. The maximum Gasteiger partial charge on any atom is 0.243 e. The molecule has 0 spiro atoms. The Morgan fingerprint density at radius 1 is 1.23 bits per heavy atom. The Kier molecular flexibility index (Phi) is 8.17. The van der Waals surface area contributed by atoms with Gasteiger partial charge in [-0.1, -0.05) is 13.3 Å². The fourth-order valence-electron chi connectivity index (χ4n) is 2.81. The normalized spacial score (nSPS) is 14.6. The maximum absolute atomic E-state index is 12.5. The highest BCUT2D eigenvalue weighted by Gasteiger charge is 2.32. The quantitative estimate of drug-likeness (QED) is 0.750. The van der Waals surface area contributed by atoms with E-state index in [1.54, 1.807) is 25.1 Å². The first-order valence-corrected chi connectivity index (χ1v) is 8.65. The molecule has 8 heteroatoms. The highest BCUT2D eigenvalue weighted by Crippen LogP contribution is 2.32. The molecule has 0 aromatic heterocycles. The molecule has 1 aromatic carbocycles. The van der Waals surface area contributed by atoms with Gasteiger partial charge in [-0.2, -0.15) is 0 Å². The van der Waals surface area contributed by atoms with Crippen LogP contribution in [0.25, 0.3) is 0 Å². The standard InChI is InChI=1S/C18H27N3O4.ClH/c1-4-8-18(3,19)17(23)21(5-2)12-16(22)20-13-6-7-14-15(11-13)25-10-9-24-14;/h6-7,11H,4-5,8-10,12,19H2,1-3H3,(H,20,22);1H. The zero-order valence-corrected chi connectivity index (χ0v) is 16.4. The predicted octanol–water partition coefficient (Wildman–Crippen LogP) is 2.18. The lowest BCUT2D eigenvalue weighted by atomic mass is 9.95. The number of carbonyl (C=O) groups excluding carboxylic acids is 2. The molecule has 0 saturated carbocycles. The molecule has 0 fully saturated rings. The van der Waals surface area contributed by atoms with Crippen molar-refractivity contribution >= 4 is 29.9 Å². The van der Waals surface area contributed by atoms with Gasteiger partial charge >= 0.3 is 0 Å². The Hall–Kier alpha value is -1.99. The van der Waals surface area contributed by atoms with Crippen molar-refractivity contribution in [1.82, 2.24) is 4.90 Å². The SMILES string of the molecule is CCCC(C)(N)C(=O)N(CC)CC(=O)Nc1ccc2c(c1)OCCO2.Cl. The summed E-state index contributed by atoms with van der Waals surface area (Å²) >= 11 is 0. The lowest BCUT2D eigenvalue weighted by molar-refractivity contribution is -0.139. The van der Waals surface area contributed by atoms with Gasteiger partial charge in [0.1, 0.15) is 13.2 Å². The van der Waals surface area contributed by atoms with Crippen LogP contribution in [0.15, 0.2) is 18.2 Å². The average molecular weight is 386 g/mol. The largest absolute Gasteiger partial charge is 0.486 e. The third kappa shape index (κ3) is 5.51. The molecule has 1 aliphatic rings. The summed E-state index contributed by atoms with van der Waals surface area (Å²) in [6.45, 7) is 6.89. The van der Waals surface area contributed by atoms with Crippen LogP contribution < -0.4 is 20.5 Å². The Balaban J connectivity index is 0.00000338. The molecule has 146 valence electrons. The molecule has 0 saturated heterocycles. The number of fused-ring (bicyclic) bond motifs is 1. The first kappa shape index (κ1) is 22.1. The van der Waals surface area contributed by atoms with Crippen molar-refractivity contribution in [3.05, 3.63) is 18.2 Å². The van der Waals surface area contributed by atoms with Gasteiger partial charge in [-0.15, -0.1) is 12.4 Å². The molecular weight excluding hydrogens is 358 g/mol. The molecule has 0 radical (unpaired) electrons. The number of benzene rings is 1.